The van der Waals surface area contributed by atoms with Crippen molar-refractivity contribution < 1.29 is 0 Å². The third-order valence-corrected chi connectivity index (χ3v) is 5.71. The molecule has 4 rings (SSSR count). The van der Waals surface area contributed by atoms with Gasteiger partial charge >= 0.3 is 0 Å². The van der Waals surface area contributed by atoms with E-state index in [-0.39, 0.29) is 24.8 Å². The smallest absolute Gasteiger partial charge is 0.132 e. The van der Waals surface area contributed by atoms with E-state index in [2.05, 4.69) is 25.8 Å². The summed E-state index contributed by atoms with van der Waals surface area (Å²) >= 11 is 0. The number of nitrogens with two attached hydrogens (primary N) is 1. The number of aromatic nitrogens is 2. The molecule has 0 spiro atoms. The molecular formula is C17H29Cl2N5. The van der Waals surface area contributed by atoms with Gasteiger partial charge in [-0.15, -0.1) is 24.8 Å². The minimum Gasteiger partial charge on any atom is -0.356 e. The molecule has 0 amide bonds. The van der Waals surface area contributed by atoms with E-state index in [0.29, 0.717) is 12.0 Å². The second-order valence-corrected chi connectivity index (χ2v) is 7.19. The Labute approximate surface area is 157 Å². The largest absolute Gasteiger partial charge is 0.356 e. The molecule has 0 radical (unpaired) electrons. The number of rotatable bonds is 3. The quantitative estimate of drug-likeness (QED) is 0.881. The zero-order chi connectivity index (χ0) is 14.9. The first kappa shape index (κ1) is 19.7. The Bertz CT molecular complexity index is 509. The van der Waals surface area contributed by atoms with E-state index in [4.69, 9.17) is 5.73 Å². The second kappa shape index (κ2) is 8.65. The van der Waals surface area contributed by atoms with Crippen LogP contribution in [-0.2, 0) is 0 Å². The van der Waals surface area contributed by atoms with Crippen LogP contribution in [0.2, 0.25) is 0 Å². The van der Waals surface area contributed by atoms with Crippen LogP contribution in [-0.4, -0.2) is 53.1 Å². The molecule has 1 aromatic rings. The van der Waals surface area contributed by atoms with Crippen LogP contribution in [0.25, 0.3) is 0 Å². The summed E-state index contributed by atoms with van der Waals surface area (Å²) in [4.78, 5) is 14.1. The number of hydrogen-bond donors (Lipinski definition) is 1. The molecule has 5 nitrogen and oxygen atoms in total. The average Bonchev–Trinajstić information content (AvgIpc) is 3.07. The Kier molecular flexibility index (Phi) is 7.10. The van der Waals surface area contributed by atoms with Crippen LogP contribution in [0, 0.1) is 0 Å². The number of piperidine rings is 1. The van der Waals surface area contributed by atoms with Crippen molar-refractivity contribution >= 4 is 30.6 Å². The molecule has 0 aromatic carbocycles. The van der Waals surface area contributed by atoms with Gasteiger partial charge < -0.3 is 15.5 Å². The molecule has 2 N–H and O–H groups in total. The lowest BCUT2D eigenvalue weighted by Gasteiger charge is -2.37. The van der Waals surface area contributed by atoms with Crippen molar-refractivity contribution in [1.82, 2.24) is 14.9 Å². The molecule has 24 heavy (non-hydrogen) atoms. The summed E-state index contributed by atoms with van der Waals surface area (Å²) in [7, 11) is 0. The minimum absolute atomic E-state index is 0. The zero-order valence-corrected chi connectivity index (χ0v) is 15.8. The Morgan fingerprint density at radius 2 is 1.62 bits per heavy atom. The fourth-order valence-electron chi connectivity index (χ4n) is 4.23. The molecular weight excluding hydrogens is 345 g/mol. The van der Waals surface area contributed by atoms with Crippen molar-refractivity contribution in [3.05, 3.63) is 18.1 Å². The topological polar surface area (TPSA) is 58.3 Å². The summed E-state index contributed by atoms with van der Waals surface area (Å²) < 4.78 is 0. The molecule has 0 unspecified atom stereocenters. The molecule has 136 valence electrons. The van der Waals surface area contributed by atoms with Crippen molar-refractivity contribution in [3.63, 3.8) is 0 Å². The predicted molar refractivity (Wildman–Crippen MR) is 103 cm³/mol. The van der Waals surface area contributed by atoms with Crippen LogP contribution in [0.5, 0.6) is 0 Å². The highest BCUT2D eigenvalue weighted by molar-refractivity contribution is 5.85. The molecule has 2 saturated heterocycles. The van der Waals surface area contributed by atoms with E-state index in [1.54, 1.807) is 6.33 Å². The van der Waals surface area contributed by atoms with Crippen LogP contribution < -0.4 is 10.6 Å². The first-order valence-corrected chi connectivity index (χ1v) is 8.86. The predicted octanol–water partition coefficient (Wildman–Crippen LogP) is 2.59. The number of hydrogen-bond acceptors (Lipinski definition) is 5. The van der Waals surface area contributed by atoms with Gasteiger partial charge in [0.1, 0.15) is 12.1 Å². The normalized spacial score (nSPS) is 28.0. The third kappa shape index (κ3) is 4.13. The summed E-state index contributed by atoms with van der Waals surface area (Å²) in [6.45, 7) is 4.87. The van der Waals surface area contributed by atoms with Crippen LogP contribution in [0.15, 0.2) is 12.4 Å². The highest BCUT2D eigenvalue weighted by atomic mass is 35.5. The summed E-state index contributed by atoms with van der Waals surface area (Å²) in [5.74, 6) is 1.67. The van der Waals surface area contributed by atoms with Gasteiger partial charge in [-0.05, 0) is 51.6 Å². The maximum absolute atomic E-state index is 5.90. The number of anilines is 1. The first-order chi connectivity index (χ1) is 10.8. The highest BCUT2D eigenvalue weighted by Gasteiger charge is 2.30. The number of nitrogens with zero attached hydrogens (tertiary/aromatic N) is 4. The minimum atomic E-state index is 0. The van der Waals surface area contributed by atoms with Gasteiger partial charge in [0.15, 0.2) is 0 Å². The molecule has 2 aliphatic heterocycles. The van der Waals surface area contributed by atoms with Gasteiger partial charge in [0.05, 0.1) is 0 Å². The standard InChI is InChI=1S/C17H27N5.2ClH/c18-14-9-13(10-14)16-11-17(20-12-19-16)22-7-3-15(4-8-22)21-5-1-2-6-21;;/h11-15H,1-10,18H2;2*1H. The van der Waals surface area contributed by atoms with E-state index in [1.165, 1.54) is 44.5 Å². The monoisotopic (exact) mass is 373 g/mol. The lowest BCUT2D eigenvalue weighted by Crippen LogP contribution is -2.44. The summed E-state index contributed by atoms with van der Waals surface area (Å²) in [5, 5.41) is 0. The van der Waals surface area contributed by atoms with Gasteiger partial charge in [-0.1, -0.05) is 0 Å². The molecule has 7 heteroatoms. The lowest BCUT2D eigenvalue weighted by molar-refractivity contribution is 0.207. The van der Waals surface area contributed by atoms with Crippen molar-refractivity contribution in [2.75, 3.05) is 31.1 Å². The van der Waals surface area contributed by atoms with Gasteiger partial charge in [0.2, 0.25) is 0 Å². The van der Waals surface area contributed by atoms with E-state index in [0.717, 1.165) is 37.8 Å². The van der Waals surface area contributed by atoms with Crippen LogP contribution in [0.4, 0.5) is 5.82 Å². The summed E-state index contributed by atoms with van der Waals surface area (Å²) in [6, 6.07) is 3.37. The third-order valence-electron chi connectivity index (χ3n) is 5.71. The molecule has 3 aliphatic rings. The van der Waals surface area contributed by atoms with Gasteiger partial charge in [-0.3, -0.25) is 0 Å². The molecule has 1 aromatic heterocycles. The summed E-state index contributed by atoms with van der Waals surface area (Å²) in [6.07, 6.45) is 9.21. The molecule has 1 saturated carbocycles. The van der Waals surface area contributed by atoms with Crippen LogP contribution in [0.1, 0.15) is 50.1 Å². The van der Waals surface area contributed by atoms with Gasteiger partial charge in [-0.25, -0.2) is 9.97 Å². The Morgan fingerprint density at radius 3 is 2.25 bits per heavy atom. The van der Waals surface area contributed by atoms with Gasteiger partial charge in [0.25, 0.3) is 0 Å². The summed E-state index contributed by atoms with van der Waals surface area (Å²) in [5.41, 5.74) is 7.09. The van der Waals surface area contributed by atoms with E-state index in [1.807, 2.05) is 0 Å². The van der Waals surface area contributed by atoms with E-state index < -0.39 is 0 Å². The Morgan fingerprint density at radius 1 is 0.958 bits per heavy atom. The molecule has 0 bridgehead atoms. The second-order valence-electron chi connectivity index (χ2n) is 7.19. The van der Waals surface area contributed by atoms with Crippen molar-refractivity contribution in [2.45, 2.75) is 56.5 Å². The lowest BCUT2D eigenvalue weighted by atomic mass is 9.78. The van der Waals surface area contributed by atoms with Crippen LogP contribution >= 0.6 is 24.8 Å². The number of likely N-dealkylation sites (tertiary alicyclic amines) is 1. The molecule has 3 heterocycles. The van der Waals surface area contributed by atoms with Crippen molar-refractivity contribution in [3.8, 4) is 0 Å². The van der Waals surface area contributed by atoms with E-state index >= 15 is 0 Å². The SMILES string of the molecule is Cl.Cl.NC1CC(c2cc(N3CCC(N4CCCC4)CC3)ncn2)C1. The Hall–Kier alpha value is -0.620. The number of halogens is 2. The van der Waals surface area contributed by atoms with E-state index in [9.17, 15) is 0 Å². The maximum Gasteiger partial charge on any atom is 0.132 e. The van der Waals surface area contributed by atoms with Crippen LogP contribution in [0.3, 0.4) is 0 Å². The molecule has 1 aliphatic carbocycles. The zero-order valence-electron chi connectivity index (χ0n) is 14.1. The maximum atomic E-state index is 5.90. The molecule has 3 fully saturated rings. The molecule has 0 atom stereocenters. The fraction of sp³-hybridized carbons (Fsp3) is 0.765. The fourth-order valence-corrected chi connectivity index (χ4v) is 4.23. The highest BCUT2D eigenvalue weighted by Crippen LogP contribution is 2.35. The first-order valence-electron chi connectivity index (χ1n) is 8.86. The van der Waals surface area contributed by atoms with Gasteiger partial charge in [-0.2, -0.15) is 0 Å². The Balaban J connectivity index is 0.00000104. The average molecular weight is 374 g/mol. The van der Waals surface area contributed by atoms with Gasteiger partial charge in [0, 0.05) is 42.9 Å². The van der Waals surface area contributed by atoms with Crippen molar-refractivity contribution in [2.24, 2.45) is 5.73 Å². The van der Waals surface area contributed by atoms with Crippen molar-refractivity contribution in [1.29, 1.82) is 0 Å².